The third kappa shape index (κ3) is 2.76. The van der Waals surface area contributed by atoms with Crippen LogP contribution in [0.2, 0.25) is 0 Å². The van der Waals surface area contributed by atoms with E-state index >= 15 is 0 Å². The van der Waals surface area contributed by atoms with Gasteiger partial charge in [-0.1, -0.05) is 6.07 Å². The maximum absolute atomic E-state index is 5.36. The number of methoxy groups -OCH3 is 1. The molecule has 0 aliphatic carbocycles. The van der Waals surface area contributed by atoms with E-state index in [0.717, 1.165) is 11.3 Å². The first-order chi connectivity index (χ1) is 8.02. The summed E-state index contributed by atoms with van der Waals surface area (Å²) in [5, 5.41) is 0. The highest BCUT2D eigenvalue weighted by molar-refractivity contribution is 5.56. The lowest BCUT2D eigenvalue weighted by atomic mass is 10.1. The van der Waals surface area contributed by atoms with Crippen LogP contribution >= 0.6 is 0 Å². The normalized spacial score (nSPS) is 11.3. The summed E-state index contributed by atoms with van der Waals surface area (Å²) < 4.78 is 7.57. The van der Waals surface area contributed by atoms with Gasteiger partial charge in [-0.05, 0) is 32.4 Å². The summed E-state index contributed by atoms with van der Waals surface area (Å²) in [6.45, 7) is 10.5. The average Bonchev–Trinajstić information content (AvgIpc) is 2.31. The molecule has 0 atom stereocenters. The average molecular weight is 232 g/mol. The lowest BCUT2D eigenvalue weighted by molar-refractivity contribution is -0.380. The number of ether oxygens (including phenoxy) is 1. The van der Waals surface area contributed by atoms with Crippen molar-refractivity contribution in [2.45, 2.75) is 34.6 Å². The summed E-state index contributed by atoms with van der Waals surface area (Å²) in [7, 11) is 1.71. The van der Waals surface area contributed by atoms with E-state index < -0.39 is 0 Å². The monoisotopic (exact) mass is 232 g/mol. The molecule has 0 aliphatic rings. The summed E-state index contributed by atoms with van der Waals surface area (Å²) in [5.74, 6) is 0.927. The van der Waals surface area contributed by atoms with Crippen molar-refractivity contribution in [3.63, 3.8) is 0 Å². The van der Waals surface area contributed by atoms with Crippen molar-refractivity contribution in [1.29, 1.82) is 0 Å². The Morgan fingerprint density at radius 1 is 1.24 bits per heavy atom. The lowest BCUT2D eigenvalue weighted by Crippen LogP contribution is -2.06. The molecule has 0 N–H and O–H groups in total. The predicted octanol–water partition coefficient (Wildman–Crippen LogP) is 4.05. The molecule has 0 heterocycles. The minimum atomic E-state index is 0.927. The van der Waals surface area contributed by atoms with Gasteiger partial charge in [-0.2, -0.15) is 4.58 Å². The van der Waals surface area contributed by atoms with E-state index in [0.29, 0.717) is 0 Å². The molecule has 0 aromatic heterocycles. The minimum absolute atomic E-state index is 0.927. The number of allylic oxidation sites excluding steroid dienone is 2. The summed E-state index contributed by atoms with van der Waals surface area (Å²) in [4.78, 5) is 0. The Morgan fingerprint density at radius 2 is 1.88 bits per heavy atom. The zero-order valence-corrected chi connectivity index (χ0v) is 11.7. The molecule has 0 unspecified atom stereocenters. The Kier molecular flexibility index (Phi) is 4.50. The second kappa shape index (κ2) is 5.67. The molecule has 0 fully saturated rings. The SMILES string of the molecule is C/C=[N+](\C(C)=C(C)C)c1cccc(OC)c1C. The van der Waals surface area contributed by atoms with E-state index in [1.54, 1.807) is 7.11 Å². The predicted molar refractivity (Wildman–Crippen MR) is 73.4 cm³/mol. The maximum atomic E-state index is 5.36. The van der Waals surface area contributed by atoms with Gasteiger partial charge in [-0.3, -0.25) is 0 Å². The van der Waals surface area contributed by atoms with Gasteiger partial charge in [-0.25, -0.2) is 0 Å². The Labute approximate surface area is 104 Å². The first-order valence-electron chi connectivity index (χ1n) is 5.89. The number of rotatable bonds is 3. The molecule has 1 aromatic rings. The second-order valence-electron chi connectivity index (χ2n) is 4.32. The van der Waals surface area contributed by atoms with Crippen LogP contribution in [0.15, 0.2) is 29.5 Å². The molecule has 0 bridgehead atoms. The van der Waals surface area contributed by atoms with Crippen molar-refractivity contribution in [3.8, 4) is 5.75 Å². The van der Waals surface area contributed by atoms with Crippen LogP contribution < -0.4 is 4.74 Å². The van der Waals surface area contributed by atoms with Crippen molar-refractivity contribution in [3.05, 3.63) is 35.0 Å². The van der Waals surface area contributed by atoms with Crippen LogP contribution in [0.1, 0.15) is 33.3 Å². The molecule has 2 nitrogen and oxygen atoms in total. The first-order valence-corrected chi connectivity index (χ1v) is 5.89. The third-order valence-electron chi connectivity index (χ3n) is 3.08. The van der Waals surface area contributed by atoms with Gasteiger partial charge in [0.05, 0.1) is 12.7 Å². The fourth-order valence-corrected chi connectivity index (χ4v) is 1.84. The molecule has 2 heteroatoms. The van der Waals surface area contributed by atoms with Gasteiger partial charge >= 0.3 is 0 Å². The first kappa shape index (κ1) is 13.5. The van der Waals surface area contributed by atoms with Gasteiger partial charge in [-0.15, -0.1) is 0 Å². The van der Waals surface area contributed by atoms with Gasteiger partial charge in [0.2, 0.25) is 5.69 Å². The quantitative estimate of drug-likeness (QED) is 0.565. The number of nitrogens with zero attached hydrogens (tertiary/aromatic N) is 1. The van der Waals surface area contributed by atoms with Crippen LogP contribution in [-0.2, 0) is 0 Å². The number of benzene rings is 1. The lowest BCUT2D eigenvalue weighted by Gasteiger charge is -2.09. The topological polar surface area (TPSA) is 12.2 Å². The summed E-state index contributed by atoms with van der Waals surface area (Å²) in [6.07, 6.45) is 2.09. The molecular weight excluding hydrogens is 210 g/mol. The van der Waals surface area contributed by atoms with E-state index in [4.69, 9.17) is 4.74 Å². The van der Waals surface area contributed by atoms with Crippen LogP contribution in [0.4, 0.5) is 5.69 Å². The molecular formula is C15H22NO+. The Balaban J connectivity index is 3.38. The van der Waals surface area contributed by atoms with Gasteiger partial charge in [0.15, 0.2) is 5.70 Å². The highest BCUT2D eigenvalue weighted by Gasteiger charge is 2.17. The largest absolute Gasteiger partial charge is 0.496 e. The molecule has 92 valence electrons. The molecule has 0 spiro atoms. The van der Waals surface area contributed by atoms with Crippen molar-refractivity contribution >= 4 is 11.9 Å². The fourth-order valence-electron chi connectivity index (χ4n) is 1.84. The molecule has 0 radical (unpaired) electrons. The summed E-state index contributed by atoms with van der Waals surface area (Å²) >= 11 is 0. The van der Waals surface area contributed by atoms with Crippen LogP contribution in [0.25, 0.3) is 0 Å². The maximum Gasteiger partial charge on any atom is 0.217 e. The molecule has 0 amide bonds. The van der Waals surface area contributed by atoms with Crippen molar-refractivity contribution in [1.82, 2.24) is 0 Å². The van der Waals surface area contributed by atoms with Gasteiger partial charge in [0.25, 0.3) is 0 Å². The molecule has 0 saturated heterocycles. The minimum Gasteiger partial charge on any atom is -0.496 e. The van der Waals surface area contributed by atoms with Gasteiger partial charge in [0.1, 0.15) is 12.0 Å². The fraction of sp³-hybridized carbons (Fsp3) is 0.400. The van der Waals surface area contributed by atoms with E-state index in [9.17, 15) is 0 Å². The Morgan fingerprint density at radius 3 is 2.35 bits per heavy atom. The molecule has 17 heavy (non-hydrogen) atoms. The zero-order valence-electron chi connectivity index (χ0n) is 11.7. The van der Waals surface area contributed by atoms with Crippen LogP contribution in [0.5, 0.6) is 5.75 Å². The van der Waals surface area contributed by atoms with E-state index in [1.165, 1.54) is 17.0 Å². The van der Waals surface area contributed by atoms with Crippen molar-refractivity contribution in [2.75, 3.05) is 7.11 Å². The smallest absolute Gasteiger partial charge is 0.217 e. The zero-order chi connectivity index (χ0) is 13.0. The summed E-state index contributed by atoms with van der Waals surface area (Å²) in [6, 6.07) is 6.13. The standard InChI is InChI=1S/C15H22NO/c1-7-16(13(5)11(2)3)14-9-8-10-15(17-6)12(14)4/h7-10H,1-6H3/q+1/b16-7+. The summed E-state index contributed by atoms with van der Waals surface area (Å²) in [5.41, 5.74) is 4.90. The number of hydrogen-bond acceptors (Lipinski definition) is 1. The van der Waals surface area contributed by atoms with E-state index in [2.05, 4.69) is 44.6 Å². The highest BCUT2D eigenvalue weighted by Crippen LogP contribution is 2.29. The molecule has 0 aliphatic heterocycles. The molecule has 1 aromatic carbocycles. The van der Waals surface area contributed by atoms with Crippen molar-refractivity contribution in [2.24, 2.45) is 0 Å². The highest BCUT2D eigenvalue weighted by atomic mass is 16.5. The van der Waals surface area contributed by atoms with Crippen LogP contribution in [0.3, 0.4) is 0 Å². The molecule has 1 rings (SSSR count). The molecule has 0 saturated carbocycles. The van der Waals surface area contributed by atoms with E-state index in [1.807, 2.05) is 19.1 Å². The third-order valence-corrected chi connectivity index (χ3v) is 3.08. The van der Waals surface area contributed by atoms with Crippen LogP contribution in [0, 0.1) is 6.92 Å². The van der Waals surface area contributed by atoms with Gasteiger partial charge in [0, 0.05) is 19.9 Å². The van der Waals surface area contributed by atoms with E-state index in [-0.39, 0.29) is 0 Å². The van der Waals surface area contributed by atoms with Crippen LogP contribution in [-0.4, -0.2) is 17.9 Å². The second-order valence-corrected chi connectivity index (χ2v) is 4.32. The Bertz CT molecular complexity index is 466. The van der Waals surface area contributed by atoms with Crippen molar-refractivity contribution < 1.29 is 9.31 Å². The van der Waals surface area contributed by atoms with Gasteiger partial charge < -0.3 is 4.74 Å². The Hall–Kier alpha value is -1.57. The number of hydrogen-bond donors (Lipinski definition) is 0.